The highest BCUT2D eigenvalue weighted by Gasteiger charge is 2.40. The number of piperidine rings is 1. The van der Waals surface area contributed by atoms with Crippen molar-refractivity contribution in [3.05, 3.63) is 64.7 Å². The second-order valence-corrected chi connectivity index (χ2v) is 10.4. The maximum absolute atomic E-state index is 12.9. The molecule has 1 atom stereocenters. The van der Waals surface area contributed by atoms with Gasteiger partial charge in [0, 0.05) is 30.6 Å². The van der Waals surface area contributed by atoms with Crippen LogP contribution in [0.5, 0.6) is 5.75 Å². The van der Waals surface area contributed by atoms with E-state index < -0.39 is 23.6 Å². The normalized spacial score (nSPS) is 16.8. The van der Waals surface area contributed by atoms with E-state index in [2.05, 4.69) is 16.0 Å². The van der Waals surface area contributed by atoms with Crippen molar-refractivity contribution in [2.45, 2.75) is 64.9 Å². The zero-order valence-corrected chi connectivity index (χ0v) is 22.2. The molecule has 3 N–H and O–H groups in total. The number of amides is 5. The van der Waals surface area contributed by atoms with Crippen LogP contribution in [0.15, 0.2) is 42.5 Å². The van der Waals surface area contributed by atoms with Crippen molar-refractivity contribution in [2.24, 2.45) is 0 Å². The van der Waals surface area contributed by atoms with Gasteiger partial charge in [-0.2, -0.15) is 0 Å². The number of rotatable bonds is 8. The maximum Gasteiger partial charge on any atom is 0.407 e. The molecule has 39 heavy (non-hydrogen) atoms. The molecule has 11 heteroatoms. The Bertz CT molecular complexity index is 1280. The molecule has 2 heterocycles. The smallest absolute Gasteiger partial charge is 0.407 e. The van der Waals surface area contributed by atoms with Gasteiger partial charge in [0.15, 0.2) is 6.61 Å². The molecule has 0 radical (unpaired) electrons. The van der Waals surface area contributed by atoms with Gasteiger partial charge in [-0.3, -0.25) is 24.5 Å². The van der Waals surface area contributed by atoms with E-state index in [1.54, 1.807) is 39.0 Å². The van der Waals surface area contributed by atoms with E-state index >= 15 is 0 Å². The minimum absolute atomic E-state index is 0.160. The first kappa shape index (κ1) is 27.6. The summed E-state index contributed by atoms with van der Waals surface area (Å²) in [6, 6.07) is 11.7. The standard InChI is InChI=1S/C28H32N4O7/c1-28(2,3)39-27(37)30-14-18-9-7-17(8-10-18)13-29-24(34)16-38-22-6-4-5-19-20(22)15-32(26(19)36)21-11-12-23(33)31-25(21)35/h4-10,21H,11-16H2,1-3H3,(H,29,34)(H,30,37)(H,31,33,35). The van der Waals surface area contributed by atoms with Gasteiger partial charge >= 0.3 is 6.09 Å². The van der Waals surface area contributed by atoms with Crippen molar-refractivity contribution in [1.82, 2.24) is 20.9 Å². The van der Waals surface area contributed by atoms with E-state index in [1.165, 1.54) is 4.90 Å². The first-order valence-electron chi connectivity index (χ1n) is 12.7. The zero-order chi connectivity index (χ0) is 28.2. The summed E-state index contributed by atoms with van der Waals surface area (Å²) in [7, 11) is 0. The summed E-state index contributed by atoms with van der Waals surface area (Å²) in [5.74, 6) is -1.08. The summed E-state index contributed by atoms with van der Waals surface area (Å²) < 4.78 is 11.0. The Kier molecular flexibility index (Phi) is 8.18. The van der Waals surface area contributed by atoms with Gasteiger partial charge in [-0.25, -0.2) is 4.79 Å². The summed E-state index contributed by atoms with van der Waals surface area (Å²) in [6.45, 7) is 5.91. The first-order chi connectivity index (χ1) is 18.5. The lowest BCUT2D eigenvalue weighted by Crippen LogP contribution is -2.52. The van der Waals surface area contributed by atoms with Crippen LogP contribution in [-0.2, 0) is 38.8 Å². The molecule has 11 nitrogen and oxygen atoms in total. The van der Waals surface area contributed by atoms with Crippen molar-refractivity contribution in [3.63, 3.8) is 0 Å². The largest absolute Gasteiger partial charge is 0.483 e. The van der Waals surface area contributed by atoms with Crippen LogP contribution in [0, 0.1) is 0 Å². The lowest BCUT2D eigenvalue weighted by Gasteiger charge is -2.29. The van der Waals surface area contributed by atoms with Gasteiger partial charge in [-0.1, -0.05) is 30.3 Å². The van der Waals surface area contributed by atoms with Crippen LogP contribution < -0.4 is 20.7 Å². The number of ether oxygens (including phenoxy) is 2. The van der Waals surface area contributed by atoms with Crippen LogP contribution in [0.4, 0.5) is 4.79 Å². The number of nitrogens with zero attached hydrogens (tertiary/aromatic N) is 1. The summed E-state index contributed by atoms with van der Waals surface area (Å²) in [6.07, 6.45) is -0.0494. The van der Waals surface area contributed by atoms with Crippen LogP contribution in [0.3, 0.4) is 0 Å². The van der Waals surface area contributed by atoms with Gasteiger partial charge in [-0.15, -0.1) is 0 Å². The number of imide groups is 1. The Hall–Kier alpha value is -4.41. The van der Waals surface area contributed by atoms with Crippen molar-refractivity contribution < 1.29 is 33.4 Å². The average Bonchev–Trinajstić information content (AvgIpc) is 3.21. The van der Waals surface area contributed by atoms with Crippen LogP contribution >= 0.6 is 0 Å². The topological polar surface area (TPSA) is 143 Å². The van der Waals surface area contributed by atoms with E-state index in [1.807, 2.05) is 24.3 Å². The third kappa shape index (κ3) is 7.13. The average molecular weight is 537 g/mol. The van der Waals surface area contributed by atoms with Gasteiger partial charge in [0.2, 0.25) is 11.8 Å². The lowest BCUT2D eigenvalue weighted by molar-refractivity contribution is -0.137. The number of alkyl carbamates (subject to hydrolysis) is 1. The first-order valence-corrected chi connectivity index (χ1v) is 12.7. The number of hydrogen-bond donors (Lipinski definition) is 3. The molecule has 0 saturated carbocycles. The lowest BCUT2D eigenvalue weighted by atomic mass is 10.0. The molecule has 2 aromatic rings. The molecule has 5 amide bonds. The molecule has 0 aromatic heterocycles. The highest BCUT2D eigenvalue weighted by molar-refractivity contribution is 6.05. The molecular formula is C28H32N4O7. The van der Waals surface area contributed by atoms with Gasteiger partial charge in [0.25, 0.3) is 11.8 Å². The third-order valence-corrected chi connectivity index (χ3v) is 6.25. The van der Waals surface area contributed by atoms with Gasteiger partial charge in [-0.05, 0) is 50.5 Å². The van der Waals surface area contributed by atoms with Crippen molar-refractivity contribution >= 4 is 29.7 Å². The van der Waals surface area contributed by atoms with Gasteiger partial charge < -0.3 is 25.0 Å². The minimum atomic E-state index is -0.724. The maximum atomic E-state index is 12.9. The van der Waals surface area contributed by atoms with E-state index in [-0.39, 0.29) is 50.3 Å². The van der Waals surface area contributed by atoms with Gasteiger partial charge in [0.05, 0.1) is 6.54 Å². The quantitative estimate of drug-likeness (QED) is 0.439. The Labute approximate surface area is 226 Å². The van der Waals surface area contributed by atoms with E-state index in [9.17, 15) is 24.0 Å². The predicted octanol–water partition coefficient (Wildman–Crippen LogP) is 2.17. The monoisotopic (exact) mass is 536 g/mol. The molecule has 1 unspecified atom stereocenters. The Morgan fingerprint density at radius 3 is 2.31 bits per heavy atom. The number of benzene rings is 2. The van der Waals surface area contributed by atoms with Crippen LogP contribution in [0.25, 0.3) is 0 Å². The van der Waals surface area contributed by atoms with Crippen LogP contribution in [0.1, 0.15) is 60.7 Å². The SMILES string of the molecule is CC(C)(C)OC(=O)NCc1ccc(CNC(=O)COc2cccc3c2CN(C2CCC(=O)NC2=O)C3=O)cc1. The Morgan fingerprint density at radius 2 is 1.67 bits per heavy atom. The summed E-state index contributed by atoms with van der Waals surface area (Å²) >= 11 is 0. The van der Waals surface area contributed by atoms with Crippen molar-refractivity contribution in [2.75, 3.05) is 6.61 Å². The van der Waals surface area contributed by atoms with Gasteiger partial charge in [0.1, 0.15) is 17.4 Å². The van der Waals surface area contributed by atoms with Crippen LogP contribution in [-0.4, -0.2) is 52.9 Å². The number of carbonyl (C=O) groups excluding carboxylic acids is 5. The second kappa shape index (κ2) is 11.5. The number of fused-ring (bicyclic) bond motifs is 1. The van der Waals surface area contributed by atoms with Crippen molar-refractivity contribution in [1.29, 1.82) is 0 Å². The Morgan fingerprint density at radius 1 is 1.00 bits per heavy atom. The number of carbonyl (C=O) groups is 5. The highest BCUT2D eigenvalue weighted by Crippen LogP contribution is 2.33. The number of nitrogens with one attached hydrogen (secondary N) is 3. The van der Waals surface area contributed by atoms with E-state index in [0.29, 0.717) is 23.4 Å². The molecule has 0 spiro atoms. The number of hydrogen-bond acceptors (Lipinski definition) is 7. The van der Waals surface area contributed by atoms with E-state index in [0.717, 1.165) is 11.1 Å². The molecule has 2 aromatic carbocycles. The molecule has 0 bridgehead atoms. The fourth-order valence-electron chi connectivity index (χ4n) is 4.35. The molecule has 2 aliphatic rings. The second-order valence-electron chi connectivity index (χ2n) is 10.4. The summed E-state index contributed by atoms with van der Waals surface area (Å²) in [5.41, 5.74) is 2.22. The third-order valence-electron chi connectivity index (χ3n) is 6.25. The fourth-order valence-corrected chi connectivity index (χ4v) is 4.35. The molecule has 0 aliphatic carbocycles. The Balaban J connectivity index is 1.25. The van der Waals surface area contributed by atoms with Crippen molar-refractivity contribution in [3.8, 4) is 5.75 Å². The molecule has 1 fully saturated rings. The summed E-state index contributed by atoms with van der Waals surface area (Å²) in [5, 5.41) is 7.77. The highest BCUT2D eigenvalue weighted by atomic mass is 16.6. The molecule has 2 aliphatic heterocycles. The van der Waals surface area contributed by atoms with Crippen LogP contribution in [0.2, 0.25) is 0 Å². The molecule has 4 rings (SSSR count). The minimum Gasteiger partial charge on any atom is -0.483 e. The summed E-state index contributed by atoms with van der Waals surface area (Å²) in [4.78, 5) is 62.3. The molecule has 1 saturated heterocycles. The predicted molar refractivity (Wildman–Crippen MR) is 139 cm³/mol. The molecule has 206 valence electrons. The fraction of sp³-hybridized carbons (Fsp3) is 0.393. The molecular weight excluding hydrogens is 504 g/mol. The zero-order valence-electron chi connectivity index (χ0n) is 22.2. The van der Waals surface area contributed by atoms with E-state index in [4.69, 9.17) is 9.47 Å².